The highest BCUT2D eigenvalue weighted by Gasteiger charge is 2.39. The molecule has 0 heterocycles. The molecule has 0 aliphatic carbocycles. The molecule has 0 saturated heterocycles. The fraction of sp³-hybridized carbons (Fsp3) is 0.929. The molecule has 0 fully saturated rings. The van der Waals surface area contributed by atoms with Crippen molar-refractivity contribution in [3.05, 3.63) is 0 Å². The average molecular weight is 298 g/mol. The molecule has 3 nitrogen and oxygen atoms in total. The van der Waals surface area contributed by atoms with Gasteiger partial charge in [-0.1, -0.05) is 51.9 Å². The van der Waals surface area contributed by atoms with E-state index in [9.17, 15) is 18.0 Å². The molecule has 0 aliphatic rings. The van der Waals surface area contributed by atoms with Crippen LogP contribution in [-0.4, -0.2) is 30.0 Å². The van der Waals surface area contributed by atoms with E-state index in [2.05, 4.69) is 11.7 Å². The molecule has 0 saturated carbocycles. The first-order chi connectivity index (χ1) is 9.38. The number of hydrogen-bond donors (Lipinski definition) is 1. The molecule has 0 aromatic heterocycles. The molecule has 0 spiro atoms. The molecule has 6 heteroatoms. The standard InChI is InChI=1S/C14H25F3O3/c1-2-3-4-5-6-7-8-9-10-20-13(19)11-12(18)14(15,16)17/h12,18H,2-11H2,1H3. The van der Waals surface area contributed by atoms with Gasteiger partial charge in [0.2, 0.25) is 0 Å². The summed E-state index contributed by atoms with van der Waals surface area (Å²) < 4.78 is 40.6. The molecule has 1 atom stereocenters. The maximum atomic E-state index is 12.0. The second kappa shape index (κ2) is 10.9. The van der Waals surface area contributed by atoms with Gasteiger partial charge in [0.05, 0.1) is 13.0 Å². The van der Waals surface area contributed by atoms with E-state index in [0.29, 0.717) is 6.42 Å². The summed E-state index contributed by atoms with van der Waals surface area (Å²) in [4.78, 5) is 11.0. The molecule has 0 aromatic carbocycles. The zero-order valence-corrected chi connectivity index (χ0v) is 12.0. The Kier molecular flexibility index (Phi) is 10.5. The molecular formula is C14H25F3O3. The van der Waals surface area contributed by atoms with Gasteiger partial charge in [0.25, 0.3) is 0 Å². The van der Waals surface area contributed by atoms with Crippen LogP contribution in [-0.2, 0) is 9.53 Å². The number of ether oxygens (including phenoxy) is 1. The summed E-state index contributed by atoms with van der Waals surface area (Å²) in [5.41, 5.74) is 0. The molecule has 120 valence electrons. The van der Waals surface area contributed by atoms with Gasteiger partial charge >= 0.3 is 12.1 Å². The highest BCUT2D eigenvalue weighted by molar-refractivity contribution is 5.70. The third-order valence-electron chi connectivity index (χ3n) is 3.00. The number of esters is 1. The van der Waals surface area contributed by atoms with Gasteiger partial charge in [0.1, 0.15) is 0 Å². The fourth-order valence-electron chi connectivity index (χ4n) is 1.75. The van der Waals surface area contributed by atoms with Crippen LogP contribution in [0.5, 0.6) is 0 Å². The Morgan fingerprint density at radius 1 is 1.05 bits per heavy atom. The van der Waals surface area contributed by atoms with Crippen molar-refractivity contribution in [2.45, 2.75) is 77.0 Å². The smallest absolute Gasteiger partial charge is 0.414 e. The Hall–Kier alpha value is -0.780. The Balaban J connectivity index is 3.40. The van der Waals surface area contributed by atoms with Crippen molar-refractivity contribution in [3.8, 4) is 0 Å². The van der Waals surface area contributed by atoms with E-state index in [-0.39, 0.29) is 6.61 Å². The van der Waals surface area contributed by atoms with E-state index in [4.69, 9.17) is 5.11 Å². The second-order valence-electron chi connectivity index (χ2n) is 4.96. The highest BCUT2D eigenvalue weighted by Crippen LogP contribution is 2.22. The van der Waals surface area contributed by atoms with Crippen LogP contribution < -0.4 is 0 Å². The zero-order valence-electron chi connectivity index (χ0n) is 12.0. The number of alkyl halides is 3. The van der Waals surface area contributed by atoms with Crippen molar-refractivity contribution < 1.29 is 27.8 Å². The lowest BCUT2D eigenvalue weighted by molar-refractivity contribution is -0.209. The predicted octanol–water partition coefficient (Wildman–Crippen LogP) is 3.98. The van der Waals surface area contributed by atoms with Gasteiger partial charge in [-0.2, -0.15) is 13.2 Å². The van der Waals surface area contributed by atoms with E-state index in [0.717, 1.165) is 19.3 Å². The minimum absolute atomic E-state index is 0.123. The molecule has 0 radical (unpaired) electrons. The van der Waals surface area contributed by atoms with Crippen molar-refractivity contribution in [2.24, 2.45) is 0 Å². The van der Waals surface area contributed by atoms with E-state index in [1.54, 1.807) is 0 Å². The number of hydrogen-bond acceptors (Lipinski definition) is 3. The van der Waals surface area contributed by atoms with E-state index < -0.39 is 24.7 Å². The van der Waals surface area contributed by atoms with Crippen LogP contribution in [0.4, 0.5) is 13.2 Å². The van der Waals surface area contributed by atoms with Crippen molar-refractivity contribution in [1.82, 2.24) is 0 Å². The summed E-state index contributed by atoms with van der Waals surface area (Å²) in [7, 11) is 0. The third kappa shape index (κ3) is 11.1. The molecule has 0 amide bonds. The Labute approximate surface area is 118 Å². The predicted molar refractivity (Wildman–Crippen MR) is 70.2 cm³/mol. The largest absolute Gasteiger partial charge is 0.466 e. The Morgan fingerprint density at radius 2 is 1.55 bits per heavy atom. The second-order valence-corrected chi connectivity index (χ2v) is 4.96. The minimum atomic E-state index is -4.77. The summed E-state index contributed by atoms with van der Waals surface area (Å²) in [6.45, 7) is 2.28. The van der Waals surface area contributed by atoms with Gasteiger partial charge in [0.15, 0.2) is 6.10 Å². The molecule has 0 rings (SSSR count). The molecule has 20 heavy (non-hydrogen) atoms. The molecule has 0 aromatic rings. The van der Waals surface area contributed by atoms with Crippen LogP contribution in [0.2, 0.25) is 0 Å². The first-order valence-corrected chi connectivity index (χ1v) is 7.28. The van der Waals surface area contributed by atoms with Crippen LogP contribution in [0.1, 0.15) is 64.7 Å². The van der Waals surface area contributed by atoms with Gasteiger partial charge in [-0.15, -0.1) is 0 Å². The first kappa shape index (κ1) is 19.2. The van der Waals surface area contributed by atoms with Crippen LogP contribution in [0.25, 0.3) is 0 Å². The van der Waals surface area contributed by atoms with E-state index in [1.165, 1.54) is 25.7 Å². The van der Waals surface area contributed by atoms with Gasteiger partial charge in [-0.25, -0.2) is 0 Å². The number of carbonyl (C=O) groups excluding carboxylic acids is 1. The van der Waals surface area contributed by atoms with Crippen LogP contribution in [0.15, 0.2) is 0 Å². The van der Waals surface area contributed by atoms with Gasteiger partial charge < -0.3 is 9.84 Å². The summed E-state index contributed by atoms with van der Waals surface area (Å²) in [5, 5.41) is 8.67. The number of aliphatic hydroxyl groups is 1. The van der Waals surface area contributed by atoms with Gasteiger partial charge in [-0.3, -0.25) is 4.79 Å². The summed E-state index contributed by atoms with van der Waals surface area (Å²) in [6.07, 6.45) is 0.215. The Bertz CT molecular complexity index is 255. The summed E-state index contributed by atoms with van der Waals surface area (Å²) >= 11 is 0. The summed E-state index contributed by atoms with van der Waals surface area (Å²) in [6, 6.07) is 0. The monoisotopic (exact) mass is 298 g/mol. The molecular weight excluding hydrogens is 273 g/mol. The van der Waals surface area contributed by atoms with E-state index in [1.807, 2.05) is 0 Å². The van der Waals surface area contributed by atoms with Crippen LogP contribution in [0, 0.1) is 0 Å². The molecule has 1 N–H and O–H groups in total. The first-order valence-electron chi connectivity index (χ1n) is 7.28. The third-order valence-corrected chi connectivity index (χ3v) is 3.00. The number of aliphatic hydroxyl groups excluding tert-OH is 1. The van der Waals surface area contributed by atoms with Crippen LogP contribution in [0.3, 0.4) is 0 Å². The highest BCUT2D eigenvalue weighted by atomic mass is 19.4. The number of rotatable bonds is 11. The fourth-order valence-corrected chi connectivity index (χ4v) is 1.75. The van der Waals surface area contributed by atoms with Crippen molar-refractivity contribution in [2.75, 3.05) is 6.61 Å². The molecule has 0 aliphatic heterocycles. The van der Waals surface area contributed by atoms with Crippen molar-refractivity contribution in [3.63, 3.8) is 0 Å². The van der Waals surface area contributed by atoms with Crippen molar-refractivity contribution >= 4 is 5.97 Å². The maximum Gasteiger partial charge on any atom is 0.414 e. The number of halogens is 3. The zero-order chi connectivity index (χ0) is 15.4. The number of unbranched alkanes of at least 4 members (excludes halogenated alkanes) is 7. The van der Waals surface area contributed by atoms with Crippen molar-refractivity contribution in [1.29, 1.82) is 0 Å². The lowest BCUT2D eigenvalue weighted by Gasteiger charge is -2.13. The summed E-state index contributed by atoms with van der Waals surface area (Å²) in [5.74, 6) is -1.00. The quantitative estimate of drug-likeness (QED) is 0.463. The average Bonchev–Trinajstić information content (AvgIpc) is 2.35. The van der Waals surface area contributed by atoms with Crippen LogP contribution >= 0.6 is 0 Å². The Morgan fingerprint density at radius 3 is 2.05 bits per heavy atom. The molecule has 1 unspecified atom stereocenters. The topological polar surface area (TPSA) is 46.5 Å². The van der Waals surface area contributed by atoms with Gasteiger partial charge in [-0.05, 0) is 6.42 Å². The van der Waals surface area contributed by atoms with Gasteiger partial charge in [0, 0.05) is 0 Å². The lowest BCUT2D eigenvalue weighted by Crippen LogP contribution is -2.31. The minimum Gasteiger partial charge on any atom is -0.466 e. The molecule has 0 bridgehead atoms. The maximum absolute atomic E-state index is 12.0. The normalized spacial score (nSPS) is 13.2. The van der Waals surface area contributed by atoms with E-state index >= 15 is 0 Å². The number of carbonyl (C=O) groups is 1. The lowest BCUT2D eigenvalue weighted by atomic mass is 10.1. The SMILES string of the molecule is CCCCCCCCCCOC(=O)CC(O)C(F)(F)F.